The summed E-state index contributed by atoms with van der Waals surface area (Å²) in [7, 11) is 0. The quantitative estimate of drug-likeness (QED) is 0.329. The van der Waals surface area contributed by atoms with Crippen LogP contribution in [0.2, 0.25) is 0 Å². The van der Waals surface area contributed by atoms with Crippen LogP contribution in [0.5, 0.6) is 0 Å². The molecule has 1 aromatic heterocycles. The molecule has 0 spiro atoms. The van der Waals surface area contributed by atoms with E-state index in [0.717, 1.165) is 27.9 Å². The van der Waals surface area contributed by atoms with Crippen molar-refractivity contribution in [1.82, 2.24) is 0 Å². The minimum absolute atomic E-state index is 0.165. The average molecular weight is 477 g/mol. The summed E-state index contributed by atoms with van der Waals surface area (Å²) in [5, 5.41) is 11.1. The Morgan fingerprint density at radius 2 is 1.89 bits per heavy atom. The van der Waals surface area contributed by atoms with E-state index < -0.39 is 23.6 Å². The van der Waals surface area contributed by atoms with E-state index in [0.29, 0.717) is 24.8 Å². The molecular formula is C29H32O6. The van der Waals surface area contributed by atoms with Crippen molar-refractivity contribution in [3.8, 4) is 0 Å². The fraction of sp³-hybridized carbons (Fsp3) is 0.379. The minimum atomic E-state index is -1.28. The maximum atomic E-state index is 13.4. The molecule has 184 valence electrons. The molecule has 0 radical (unpaired) electrons. The second kappa shape index (κ2) is 10.1. The molecule has 0 amide bonds. The fourth-order valence-corrected chi connectivity index (χ4v) is 4.64. The average Bonchev–Trinajstić information content (AvgIpc) is 3.41. The minimum Gasteiger partial charge on any atom is -0.461 e. The zero-order valence-electron chi connectivity index (χ0n) is 20.5. The highest BCUT2D eigenvalue weighted by atomic mass is 16.6. The van der Waals surface area contributed by atoms with Crippen LogP contribution in [0.25, 0.3) is 17.0 Å². The van der Waals surface area contributed by atoms with Crippen LogP contribution in [0.3, 0.4) is 0 Å². The second-order valence-corrected chi connectivity index (χ2v) is 9.48. The number of ether oxygens (including phenoxy) is 2. The number of carbonyl (C=O) groups excluding carboxylic acids is 2. The van der Waals surface area contributed by atoms with Crippen molar-refractivity contribution in [2.75, 3.05) is 13.2 Å². The normalized spacial score (nSPS) is 19.3. The third-order valence-electron chi connectivity index (χ3n) is 7.00. The van der Waals surface area contributed by atoms with Gasteiger partial charge in [0.25, 0.3) is 0 Å². The van der Waals surface area contributed by atoms with Crippen molar-refractivity contribution < 1.29 is 28.6 Å². The largest absolute Gasteiger partial charge is 0.461 e. The SMILES string of the molecule is CCC(CC)(Cc1cc2cc(C)ccc2o1)C(=O)OC[C@]1(CO)C/C(=C\c2ccccc2)C(=O)O1. The van der Waals surface area contributed by atoms with Gasteiger partial charge in [-0.2, -0.15) is 0 Å². The number of hydrogen-bond donors (Lipinski definition) is 1. The smallest absolute Gasteiger partial charge is 0.334 e. The van der Waals surface area contributed by atoms with Crippen molar-refractivity contribution in [2.45, 2.75) is 52.1 Å². The predicted molar refractivity (Wildman–Crippen MR) is 134 cm³/mol. The van der Waals surface area contributed by atoms with Gasteiger partial charge in [0, 0.05) is 23.8 Å². The topological polar surface area (TPSA) is 86.0 Å². The van der Waals surface area contributed by atoms with Gasteiger partial charge in [-0.05, 0) is 49.6 Å². The van der Waals surface area contributed by atoms with E-state index in [9.17, 15) is 14.7 Å². The summed E-state index contributed by atoms with van der Waals surface area (Å²) in [6.07, 6.45) is 3.43. The molecule has 4 rings (SSSR count). The number of hydrogen-bond acceptors (Lipinski definition) is 6. The number of aliphatic hydroxyl groups excluding tert-OH is 1. The molecule has 0 saturated carbocycles. The van der Waals surface area contributed by atoms with E-state index in [-0.39, 0.29) is 19.0 Å². The fourth-order valence-electron chi connectivity index (χ4n) is 4.64. The molecule has 0 aliphatic carbocycles. The van der Waals surface area contributed by atoms with Crippen molar-refractivity contribution in [3.63, 3.8) is 0 Å². The van der Waals surface area contributed by atoms with Crippen LogP contribution in [-0.2, 0) is 25.5 Å². The molecule has 1 aliphatic rings. The summed E-state index contributed by atoms with van der Waals surface area (Å²) in [6.45, 7) is 5.29. The molecule has 0 unspecified atom stereocenters. The number of aryl methyl sites for hydroxylation is 1. The van der Waals surface area contributed by atoms with Crippen molar-refractivity contribution in [3.05, 3.63) is 77.1 Å². The Hall–Kier alpha value is -3.38. The number of fused-ring (bicyclic) bond motifs is 1. The zero-order chi connectivity index (χ0) is 25.1. The van der Waals surface area contributed by atoms with E-state index >= 15 is 0 Å². The van der Waals surface area contributed by atoms with Gasteiger partial charge in [0.05, 0.1) is 12.0 Å². The lowest BCUT2D eigenvalue weighted by Crippen LogP contribution is -2.42. The Labute approximate surface area is 205 Å². The Kier molecular flexibility index (Phi) is 7.13. The zero-order valence-corrected chi connectivity index (χ0v) is 20.5. The third kappa shape index (κ3) is 5.17. The van der Waals surface area contributed by atoms with Crippen LogP contribution < -0.4 is 0 Å². The first kappa shape index (κ1) is 24.7. The summed E-state index contributed by atoms with van der Waals surface area (Å²) in [4.78, 5) is 25.9. The van der Waals surface area contributed by atoms with E-state index in [1.807, 2.05) is 69.3 Å². The summed E-state index contributed by atoms with van der Waals surface area (Å²) in [5.74, 6) is -0.166. The van der Waals surface area contributed by atoms with Crippen LogP contribution in [-0.4, -0.2) is 35.9 Å². The van der Waals surface area contributed by atoms with Gasteiger partial charge in [-0.25, -0.2) is 4.79 Å². The Balaban J connectivity index is 1.49. The highest BCUT2D eigenvalue weighted by Gasteiger charge is 2.46. The van der Waals surface area contributed by atoms with Crippen LogP contribution in [0, 0.1) is 12.3 Å². The molecule has 1 N–H and O–H groups in total. The molecule has 2 aromatic carbocycles. The lowest BCUT2D eigenvalue weighted by atomic mass is 9.78. The van der Waals surface area contributed by atoms with Gasteiger partial charge in [0.15, 0.2) is 5.60 Å². The van der Waals surface area contributed by atoms with Gasteiger partial charge in [0.2, 0.25) is 0 Å². The molecular weight excluding hydrogens is 444 g/mol. The summed E-state index contributed by atoms with van der Waals surface area (Å²) in [6, 6.07) is 17.4. The molecule has 35 heavy (non-hydrogen) atoms. The van der Waals surface area contributed by atoms with E-state index in [2.05, 4.69) is 6.07 Å². The number of rotatable bonds is 9. The van der Waals surface area contributed by atoms with Crippen LogP contribution in [0.15, 0.2) is 64.6 Å². The van der Waals surface area contributed by atoms with E-state index in [4.69, 9.17) is 13.9 Å². The number of carbonyl (C=O) groups is 2. The summed E-state index contributed by atoms with van der Waals surface area (Å²) in [5.41, 5.74) is 1.17. The Morgan fingerprint density at radius 1 is 1.14 bits per heavy atom. The first-order valence-electron chi connectivity index (χ1n) is 12.1. The first-order valence-corrected chi connectivity index (χ1v) is 12.1. The highest BCUT2D eigenvalue weighted by molar-refractivity contribution is 5.96. The third-order valence-corrected chi connectivity index (χ3v) is 7.00. The van der Waals surface area contributed by atoms with Gasteiger partial charge in [-0.15, -0.1) is 0 Å². The molecule has 6 nitrogen and oxygen atoms in total. The van der Waals surface area contributed by atoms with Crippen LogP contribution in [0.4, 0.5) is 0 Å². The molecule has 1 aliphatic heterocycles. The van der Waals surface area contributed by atoms with Crippen molar-refractivity contribution >= 4 is 29.0 Å². The van der Waals surface area contributed by atoms with Crippen LogP contribution in [0.1, 0.15) is 50.0 Å². The molecule has 2 heterocycles. The van der Waals surface area contributed by atoms with Gasteiger partial charge in [-0.3, -0.25) is 4.79 Å². The molecule has 1 saturated heterocycles. The van der Waals surface area contributed by atoms with E-state index in [1.165, 1.54) is 0 Å². The molecule has 3 aromatic rings. The van der Waals surface area contributed by atoms with Crippen molar-refractivity contribution in [1.29, 1.82) is 0 Å². The summed E-state index contributed by atoms with van der Waals surface area (Å²) < 4.78 is 17.3. The predicted octanol–water partition coefficient (Wildman–Crippen LogP) is 5.39. The number of furan rings is 1. The number of cyclic esters (lactones) is 1. The van der Waals surface area contributed by atoms with Gasteiger partial charge >= 0.3 is 11.9 Å². The number of aliphatic hydroxyl groups is 1. The first-order chi connectivity index (χ1) is 16.8. The highest BCUT2D eigenvalue weighted by Crippen LogP contribution is 2.37. The standard InChI is InChI=1S/C29H32O6/c1-4-28(5-2,17-24-15-22-13-20(3)11-12-25(22)34-24)27(32)33-19-29(18-30)16-23(26(31)35-29)14-21-9-7-6-8-10-21/h6-15,30H,4-5,16-19H2,1-3H3/b23-14+/t29-/m1/s1. The number of esters is 2. The molecule has 0 bridgehead atoms. The van der Waals surface area contributed by atoms with E-state index in [1.54, 1.807) is 6.08 Å². The molecule has 1 fully saturated rings. The Bertz CT molecular complexity index is 1230. The maximum Gasteiger partial charge on any atom is 0.334 e. The second-order valence-electron chi connectivity index (χ2n) is 9.48. The number of benzene rings is 2. The molecule has 6 heteroatoms. The maximum absolute atomic E-state index is 13.4. The van der Waals surface area contributed by atoms with Gasteiger partial charge in [-0.1, -0.05) is 55.8 Å². The summed E-state index contributed by atoms with van der Waals surface area (Å²) >= 11 is 0. The monoisotopic (exact) mass is 476 g/mol. The van der Waals surface area contributed by atoms with Gasteiger partial charge < -0.3 is 19.0 Å². The van der Waals surface area contributed by atoms with Crippen LogP contribution >= 0.6 is 0 Å². The molecule has 1 atom stereocenters. The lowest BCUT2D eigenvalue weighted by Gasteiger charge is -2.31. The lowest BCUT2D eigenvalue weighted by molar-refractivity contribution is -0.173. The van der Waals surface area contributed by atoms with Gasteiger partial charge in [0.1, 0.15) is 18.0 Å². The Morgan fingerprint density at radius 3 is 2.57 bits per heavy atom. The van der Waals surface area contributed by atoms with Crippen molar-refractivity contribution in [2.24, 2.45) is 5.41 Å².